The van der Waals surface area contributed by atoms with Crippen LogP contribution in [0.15, 0.2) is 109 Å². The quantitative estimate of drug-likeness (QED) is 0.129. The Labute approximate surface area is 317 Å². The van der Waals surface area contributed by atoms with Crippen LogP contribution < -0.4 is 0 Å². The summed E-state index contributed by atoms with van der Waals surface area (Å²) in [5, 5.41) is 8.67. The minimum Gasteiger partial charge on any atom is -0.252 e. The molecule has 0 N–H and O–H groups in total. The maximum Gasteiger partial charge on any atom is 0.158 e. The van der Waals surface area contributed by atoms with Crippen molar-refractivity contribution >= 4 is 138 Å². The maximum absolute atomic E-state index is 16.2. The van der Waals surface area contributed by atoms with Gasteiger partial charge in [0.2, 0.25) is 0 Å². The Kier molecular flexibility index (Phi) is 6.30. The van der Waals surface area contributed by atoms with Crippen LogP contribution in [0.4, 0.5) is 17.6 Å². The minimum atomic E-state index is -0.541. The lowest BCUT2D eigenvalue weighted by molar-refractivity contribution is 0.627. The van der Waals surface area contributed by atoms with Crippen LogP contribution >= 0.6 is 45.3 Å². The van der Waals surface area contributed by atoms with Gasteiger partial charge in [0.15, 0.2) is 23.3 Å². The van der Waals surface area contributed by atoms with E-state index in [4.69, 9.17) is 0 Å². The zero-order chi connectivity index (χ0) is 36.0. The molecule has 54 heavy (non-hydrogen) atoms. The molecular formula is C44H18F4N2S4. The van der Waals surface area contributed by atoms with Crippen molar-refractivity contribution in [2.75, 3.05) is 0 Å². The van der Waals surface area contributed by atoms with E-state index in [0.29, 0.717) is 41.7 Å². The Hall–Kier alpha value is -5.52. The molecule has 0 bridgehead atoms. The second-order valence-corrected chi connectivity index (χ2v) is 17.7. The van der Waals surface area contributed by atoms with Crippen LogP contribution in [0.25, 0.3) is 114 Å². The summed E-state index contributed by atoms with van der Waals surface area (Å²) in [5.74, 6) is -2.06. The summed E-state index contributed by atoms with van der Waals surface area (Å²) in [6.07, 6.45) is 3.22. The molecule has 0 spiro atoms. The Balaban J connectivity index is 0.980. The number of rotatable bonds is 2. The van der Waals surface area contributed by atoms with E-state index in [1.807, 2.05) is 84.9 Å². The number of fused-ring (bicyclic) bond motifs is 11. The molecule has 0 radical (unpaired) electrons. The third-order valence-corrected chi connectivity index (χ3v) is 15.2. The van der Waals surface area contributed by atoms with Gasteiger partial charge in [0.05, 0.1) is 19.2 Å². The number of hydrogen-bond donors (Lipinski definition) is 0. The van der Waals surface area contributed by atoms with Gasteiger partial charge in [0.25, 0.3) is 0 Å². The van der Waals surface area contributed by atoms with Crippen LogP contribution in [0.2, 0.25) is 0 Å². The second-order valence-electron chi connectivity index (χ2n) is 13.5. The molecule has 12 aromatic rings. The van der Waals surface area contributed by atoms with Crippen LogP contribution in [0.1, 0.15) is 0 Å². The molecule has 6 aromatic carbocycles. The van der Waals surface area contributed by atoms with E-state index in [0.717, 1.165) is 51.1 Å². The van der Waals surface area contributed by atoms with Gasteiger partial charge in [-0.05, 0) is 70.1 Å². The topological polar surface area (TPSA) is 25.8 Å². The highest BCUT2D eigenvalue weighted by molar-refractivity contribution is 7.37. The van der Waals surface area contributed by atoms with E-state index in [9.17, 15) is 0 Å². The van der Waals surface area contributed by atoms with Crippen molar-refractivity contribution in [1.82, 2.24) is 9.97 Å². The maximum atomic E-state index is 16.2. The summed E-state index contributed by atoms with van der Waals surface area (Å²) < 4.78 is 69.7. The monoisotopic (exact) mass is 778 g/mol. The van der Waals surface area contributed by atoms with Gasteiger partial charge in [-0.25, -0.2) is 17.6 Å². The highest BCUT2D eigenvalue weighted by Gasteiger charge is 2.25. The normalized spacial score (nSPS) is 12.4. The molecule has 0 aliphatic carbocycles. The van der Waals surface area contributed by atoms with E-state index in [1.165, 1.54) is 22.7 Å². The number of hydrogen-bond acceptors (Lipinski definition) is 6. The van der Waals surface area contributed by atoms with Gasteiger partial charge in [0.1, 0.15) is 11.4 Å². The SMILES string of the molecule is Fc1c(-c2sc3cc4c(cc3c2F)sc2c3cc5sc(-c6ncc7cc8ccccc8cc7c6F)c(F)c5cc3sc42)ncc2cc3ccccc3cc12. The van der Waals surface area contributed by atoms with E-state index in [2.05, 4.69) is 9.97 Å². The van der Waals surface area contributed by atoms with Gasteiger partial charge >= 0.3 is 0 Å². The molecule has 0 aliphatic rings. The largest absolute Gasteiger partial charge is 0.252 e. The smallest absolute Gasteiger partial charge is 0.158 e. The fourth-order valence-electron chi connectivity index (χ4n) is 7.74. The molecule has 0 aliphatic heterocycles. The summed E-state index contributed by atoms with van der Waals surface area (Å²) in [6, 6.07) is 30.5. The number of halogens is 4. The molecular weight excluding hydrogens is 761 g/mol. The zero-order valence-electron chi connectivity index (χ0n) is 27.4. The number of benzene rings is 6. The first-order valence-corrected chi connectivity index (χ1v) is 20.2. The Morgan fingerprint density at radius 2 is 0.722 bits per heavy atom. The van der Waals surface area contributed by atoms with Gasteiger partial charge in [-0.1, -0.05) is 48.5 Å². The van der Waals surface area contributed by atoms with Crippen molar-refractivity contribution in [3.8, 4) is 21.1 Å². The highest BCUT2D eigenvalue weighted by atomic mass is 32.1. The predicted octanol–water partition coefficient (Wildman–Crippen LogP) is 15.0. The first-order chi connectivity index (χ1) is 26.4. The summed E-state index contributed by atoms with van der Waals surface area (Å²) >= 11 is 5.48. The average molecular weight is 779 g/mol. The Bertz CT molecular complexity index is 3390. The molecule has 0 fully saturated rings. The highest BCUT2D eigenvalue weighted by Crippen LogP contribution is 2.50. The van der Waals surface area contributed by atoms with E-state index >= 15 is 17.6 Å². The van der Waals surface area contributed by atoms with Crippen LogP contribution in [-0.4, -0.2) is 9.97 Å². The summed E-state index contributed by atoms with van der Waals surface area (Å²) in [6.45, 7) is 0. The van der Waals surface area contributed by atoms with Crippen LogP contribution in [-0.2, 0) is 0 Å². The summed E-state index contributed by atoms with van der Waals surface area (Å²) in [5.41, 5.74) is 0.00107. The molecule has 10 heteroatoms. The van der Waals surface area contributed by atoms with Crippen molar-refractivity contribution < 1.29 is 17.6 Å². The van der Waals surface area contributed by atoms with E-state index in [-0.39, 0.29) is 21.1 Å². The summed E-state index contributed by atoms with van der Waals surface area (Å²) in [7, 11) is 0. The number of nitrogens with zero attached hydrogens (tertiary/aromatic N) is 2. The predicted molar refractivity (Wildman–Crippen MR) is 222 cm³/mol. The van der Waals surface area contributed by atoms with Crippen molar-refractivity contribution in [2.24, 2.45) is 0 Å². The minimum absolute atomic E-state index is 0.000534. The molecule has 0 saturated carbocycles. The van der Waals surface area contributed by atoms with Crippen molar-refractivity contribution in [3.63, 3.8) is 0 Å². The molecule has 0 atom stereocenters. The van der Waals surface area contributed by atoms with E-state index < -0.39 is 23.3 Å². The molecule has 0 unspecified atom stereocenters. The van der Waals surface area contributed by atoms with Crippen molar-refractivity contribution in [3.05, 3.63) is 133 Å². The average Bonchev–Trinajstić information content (AvgIpc) is 3.91. The van der Waals surface area contributed by atoms with Gasteiger partial charge in [-0.15, -0.1) is 45.3 Å². The molecule has 6 aromatic heterocycles. The van der Waals surface area contributed by atoms with Gasteiger partial charge in [0, 0.05) is 74.3 Å². The van der Waals surface area contributed by atoms with Gasteiger partial charge in [-0.2, -0.15) is 0 Å². The summed E-state index contributed by atoms with van der Waals surface area (Å²) in [4.78, 5) is 9.14. The first kappa shape index (κ1) is 30.9. The third-order valence-electron chi connectivity index (χ3n) is 10.4. The Morgan fingerprint density at radius 3 is 1.15 bits per heavy atom. The van der Waals surface area contributed by atoms with Crippen LogP contribution in [0, 0.1) is 23.3 Å². The molecule has 12 rings (SSSR count). The standard InChI is InChI=1S/C44H18F4N2S4/c45-35-25-11-21-7-3-1-5-19(21)9-23(25)17-49-39(35)43-37(47)27-13-33-29(15-31(27)53-43)41-42(51-33)30-16-32-28(14-34(30)52-41)38(48)44(54-32)40-36(46)26-12-22-8-4-2-6-20(22)10-24(26)18-50-40/h1-18H. The van der Waals surface area contributed by atoms with Gasteiger partial charge in [-0.3, -0.25) is 9.97 Å². The lowest BCUT2D eigenvalue weighted by atomic mass is 10.0. The van der Waals surface area contributed by atoms with Gasteiger partial charge < -0.3 is 0 Å². The first-order valence-electron chi connectivity index (χ1n) is 17.0. The number of aromatic nitrogens is 2. The molecule has 256 valence electrons. The molecule has 6 heterocycles. The Morgan fingerprint density at radius 1 is 0.352 bits per heavy atom. The molecule has 2 nitrogen and oxygen atoms in total. The zero-order valence-corrected chi connectivity index (χ0v) is 30.7. The number of pyridine rings is 2. The number of thiophene rings is 4. The van der Waals surface area contributed by atoms with Crippen molar-refractivity contribution in [1.29, 1.82) is 0 Å². The van der Waals surface area contributed by atoms with E-state index in [1.54, 1.807) is 47.2 Å². The third kappa shape index (κ3) is 4.25. The second kappa shape index (κ2) is 11.0. The molecule has 0 saturated heterocycles. The fraction of sp³-hybridized carbons (Fsp3) is 0. The molecule has 0 amide bonds. The lowest BCUT2D eigenvalue weighted by Crippen LogP contribution is -1.91. The van der Waals surface area contributed by atoms with Crippen molar-refractivity contribution in [2.45, 2.75) is 0 Å². The lowest BCUT2D eigenvalue weighted by Gasteiger charge is -2.06. The van der Waals surface area contributed by atoms with Crippen LogP contribution in [0.3, 0.4) is 0 Å². The fourth-order valence-corrected chi connectivity index (χ4v) is 12.6. The van der Waals surface area contributed by atoms with Crippen LogP contribution in [0.5, 0.6) is 0 Å².